The number of nitrogens with zero attached hydrogens (tertiary/aromatic N) is 1. The first-order valence-corrected chi connectivity index (χ1v) is 6.15. The van der Waals surface area contributed by atoms with E-state index in [1.54, 1.807) is 17.8 Å². The van der Waals surface area contributed by atoms with Crippen LogP contribution in [0.5, 0.6) is 0 Å². The molecule has 0 aromatic carbocycles. The molecule has 0 aliphatic carbocycles. The second kappa shape index (κ2) is 5.69. The lowest BCUT2D eigenvalue weighted by Gasteiger charge is -2.08. The Kier molecular flexibility index (Phi) is 4.85. The average molecular weight is 251 g/mol. The highest BCUT2D eigenvalue weighted by molar-refractivity contribution is 7.99. The van der Waals surface area contributed by atoms with Crippen LogP contribution in [0.25, 0.3) is 0 Å². The predicted molar refractivity (Wildman–Crippen MR) is 64.8 cm³/mol. The first kappa shape index (κ1) is 12.0. The van der Waals surface area contributed by atoms with Crippen LogP contribution in [0.3, 0.4) is 0 Å². The highest BCUT2D eigenvalue weighted by Gasteiger charge is 2.08. The van der Waals surface area contributed by atoms with Crippen molar-refractivity contribution < 1.29 is 0 Å². The monoisotopic (exact) mass is 250 g/mol. The minimum absolute atomic E-state index is 0.567. The van der Waals surface area contributed by atoms with E-state index in [9.17, 15) is 0 Å². The van der Waals surface area contributed by atoms with Crippen LogP contribution in [-0.2, 0) is 0 Å². The second-order valence-electron chi connectivity index (χ2n) is 2.57. The fourth-order valence-corrected chi connectivity index (χ4v) is 2.19. The molecular formula is C9H12Cl2N2S. The molecule has 14 heavy (non-hydrogen) atoms. The molecule has 78 valence electrons. The molecule has 1 aromatic rings. The Morgan fingerprint density at radius 3 is 2.64 bits per heavy atom. The standard InChI is InChI=1S/C9H12Cl2N2S/c1-3-12-8-6(10)5-7(11)9(13-8)14-4-2/h5H,3-4H2,1-2H3,(H,12,13). The molecule has 0 radical (unpaired) electrons. The van der Waals surface area contributed by atoms with Gasteiger partial charge in [0.15, 0.2) is 0 Å². The van der Waals surface area contributed by atoms with E-state index in [1.165, 1.54) is 0 Å². The van der Waals surface area contributed by atoms with Crippen LogP contribution in [0.4, 0.5) is 5.82 Å². The molecule has 1 rings (SSSR count). The zero-order valence-corrected chi connectivity index (χ0v) is 10.4. The van der Waals surface area contributed by atoms with Crippen LogP contribution < -0.4 is 5.32 Å². The van der Waals surface area contributed by atoms with Crippen molar-refractivity contribution in [3.8, 4) is 0 Å². The maximum absolute atomic E-state index is 5.98. The summed E-state index contributed by atoms with van der Waals surface area (Å²) >= 11 is 13.6. The molecule has 0 aliphatic rings. The van der Waals surface area contributed by atoms with Crippen molar-refractivity contribution >= 4 is 40.8 Å². The van der Waals surface area contributed by atoms with Gasteiger partial charge in [-0.1, -0.05) is 30.1 Å². The third-order valence-electron chi connectivity index (χ3n) is 1.52. The van der Waals surface area contributed by atoms with E-state index >= 15 is 0 Å². The summed E-state index contributed by atoms with van der Waals surface area (Å²) in [5, 5.41) is 5.10. The SMILES string of the molecule is CCNc1nc(SCC)c(Cl)cc1Cl. The van der Waals surface area contributed by atoms with Gasteiger partial charge >= 0.3 is 0 Å². The van der Waals surface area contributed by atoms with Crippen LogP contribution in [0.15, 0.2) is 11.1 Å². The average Bonchev–Trinajstić information content (AvgIpc) is 2.14. The molecular weight excluding hydrogens is 239 g/mol. The van der Waals surface area contributed by atoms with Gasteiger partial charge in [0.25, 0.3) is 0 Å². The Hall–Kier alpha value is -0.120. The number of nitrogens with one attached hydrogen (secondary N) is 1. The van der Waals surface area contributed by atoms with Gasteiger partial charge < -0.3 is 5.32 Å². The van der Waals surface area contributed by atoms with Gasteiger partial charge in [-0.15, -0.1) is 11.8 Å². The van der Waals surface area contributed by atoms with Crippen LogP contribution in [0, 0.1) is 0 Å². The number of pyridine rings is 1. The van der Waals surface area contributed by atoms with E-state index in [4.69, 9.17) is 23.2 Å². The summed E-state index contributed by atoms with van der Waals surface area (Å²) in [6.45, 7) is 4.86. The zero-order chi connectivity index (χ0) is 10.6. The molecule has 0 bridgehead atoms. The van der Waals surface area contributed by atoms with E-state index < -0.39 is 0 Å². The summed E-state index contributed by atoms with van der Waals surface area (Å²) < 4.78 is 0. The fourth-order valence-electron chi connectivity index (χ4n) is 0.979. The molecule has 2 nitrogen and oxygen atoms in total. The van der Waals surface area contributed by atoms with Crippen molar-refractivity contribution in [2.45, 2.75) is 18.9 Å². The summed E-state index contributed by atoms with van der Waals surface area (Å²) in [6.07, 6.45) is 0. The van der Waals surface area contributed by atoms with Gasteiger partial charge in [-0.3, -0.25) is 0 Å². The Morgan fingerprint density at radius 2 is 2.07 bits per heavy atom. The quantitative estimate of drug-likeness (QED) is 0.820. The smallest absolute Gasteiger partial charge is 0.146 e. The van der Waals surface area contributed by atoms with Gasteiger partial charge in [-0.2, -0.15) is 0 Å². The Morgan fingerprint density at radius 1 is 1.36 bits per heavy atom. The Labute approximate surface area is 98.4 Å². The predicted octanol–water partition coefficient (Wildman–Crippen LogP) is 3.93. The van der Waals surface area contributed by atoms with Crippen LogP contribution in [0.1, 0.15) is 13.8 Å². The Balaban J connectivity index is 3.00. The number of halogens is 2. The molecule has 0 saturated carbocycles. The van der Waals surface area contributed by atoms with Gasteiger partial charge in [0.1, 0.15) is 10.8 Å². The molecule has 0 unspecified atom stereocenters. The lowest BCUT2D eigenvalue weighted by atomic mass is 10.4. The lowest BCUT2D eigenvalue weighted by Crippen LogP contribution is -2.01. The normalized spacial score (nSPS) is 10.3. The van der Waals surface area contributed by atoms with Crippen molar-refractivity contribution in [1.82, 2.24) is 4.98 Å². The van der Waals surface area contributed by atoms with Crippen molar-refractivity contribution in [2.75, 3.05) is 17.6 Å². The molecule has 0 amide bonds. The largest absolute Gasteiger partial charge is 0.369 e. The zero-order valence-electron chi connectivity index (χ0n) is 8.10. The van der Waals surface area contributed by atoms with Crippen molar-refractivity contribution in [3.63, 3.8) is 0 Å². The maximum Gasteiger partial charge on any atom is 0.146 e. The number of aromatic nitrogens is 1. The lowest BCUT2D eigenvalue weighted by molar-refractivity contribution is 1.09. The molecule has 0 atom stereocenters. The summed E-state index contributed by atoms with van der Waals surface area (Å²) in [6, 6.07) is 1.73. The number of hydrogen-bond acceptors (Lipinski definition) is 3. The fraction of sp³-hybridized carbons (Fsp3) is 0.444. The topological polar surface area (TPSA) is 24.9 Å². The van der Waals surface area contributed by atoms with Gasteiger partial charge in [-0.05, 0) is 18.7 Å². The number of thioether (sulfide) groups is 1. The summed E-state index contributed by atoms with van der Waals surface area (Å²) in [4.78, 5) is 4.34. The third kappa shape index (κ3) is 2.94. The first-order chi connectivity index (χ1) is 6.69. The first-order valence-electron chi connectivity index (χ1n) is 4.41. The van der Waals surface area contributed by atoms with Gasteiger partial charge in [0.05, 0.1) is 10.0 Å². The van der Waals surface area contributed by atoms with E-state index in [1.807, 2.05) is 6.92 Å². The summed E-state index contributed by atoms with van der Waals surface area (Å²) in [5.41, 5.74) is 0. The number of anilines is 1. The second-order valence-corrected chi connectivity index (χ2v) is 4.64. The molecule has 5 heteroatoms. The highest BCUT2D eigenvalue weighted by atomic mass is 35.5. The minimum atomic E-state index is 0.567. The molecule has 1 aromatic heterocycles. The van der Waals surface area contributed by atoms with Crippen LogP contribution in [0.2, 0.25) is 10.0 Å². The molecule has 0 spiro atoms. The van der Waals surface area contributed by atoms with Crippen molar-refractivity contribution in [1.29, 1.82) is 0 Å². The van der Waals surface area contributed by atoms with E-state index in [-0.39, 0.29) is 0 Å². The van der Waals surface area contributed by atoms with Crippen LogP contribution in [-0.4, -0.2) is 17.3 Å². The molecule has 0 saturated heterocycles. The van der Waals surface area contributed by atoms with Crippen LogP contribution >= 0.6 is 35.0 Å². The third-order valence-corrected chi connectivity index (χ3v) is 3.08. The van der Waals surface area contributed by atoms with Crippen molar-refractivity contribution in [3.05, 3.63) is 16.1 Å². The van der Waals surface area contributed by atoms with Gasteiger partial charge in [0.2, 0.25) is 0 Å². The van der Waals surface area contributed by atoms with E-state index in [0.29, 0.717) is 15.9 Å². The summed E-state index contributed by atoms with van der Waals surface area (Å²) in [7, 11) is 0. The highest BCUT2D eigenvalue weighted by Crippen LogP contribution is 2.31. The van der Waals surface area contributed by atoms with Gasteiger partial charge in [0, 0.05) is 6.54 Å². The molecule has 1 heterocycles. The number of hydrogen-bond donors (Lipinski definition) is 1. The summed E-state index contributed by atoms with van der Waals surface area (Å²) in [5.74, 6) is 1.65. The van der Waals surface area contributed by atoms with Gasteiger partial charge in [-0.25, -0.2) is 4.98 Å². The molecule has 0 fully saturated rings. The van der Waals surface area contributed by atoms with E-state index in [2.05, 4.69) is 17.2 Å². The minimum Gasteiger partial charge on any atom is -0.369 e. The van der Waals surface area contributed by atoms with Crippen molar-refractivity contribution in [2.24, 2.45) is 0 Å². The Bertz CT molecular complexity index is 291. The molecule has 1 N–H and O–H groups in total. The van der Waals surface area contributed by atoms with E-state index in [0.717, 1.165) is 17.3 Å². The number of rotatable bonds is 4. The maximum atomic E-state index is 5.98. The molecule has 0 aliphatic heterocycles.